The first-order chi connectivity index (χ1) is 13.9. The molecule has 1 fully saturated rings. The molecule has 0 radical (unpaired) electrons. The van der Waals surface area contributed by atoms with E-state index in [0.717, 1.165) is 5.56 Å². The highest BCUT2D eigenvalue weighted by Gasteiger charge is 2.28. The minimum absolute atomic E-state index is 0. The van der Waals surface area contributed by atoms with E-state index in [9.17, 15) is 13.6 Å². The highest BCUT2D eigenvalue weighted by Crippen LogP contribution is 2.25. The van der Waals surface area contributed by atoms with Gasteiger partial charge >= 0.3 is 0 Å². The molecule has 0 aliphatic carbocycles. The van der Waals surface area contributed by atoms with Gasteiger partial charge in [-0.1, -0.05) is 12.1 Å². The molecule has 6 nitrogen and oxygen atoms in total. The lowest BCUT2D eigenvalue weighted by Crippen LogP contribution is -2.51. The fourth-order valence-electron chi connectivity index (χ4n) is 3.22. The van der Waals surface area contributed by atoms with Crippen LogP contribution < -0.4 is 10.6 Å². The summed E-state index contributed by atoms with van der Waals surface area (Å²) in [5.41, 5.74) is 1.40. The highest BCUT2D eigenvalue weighted by atomic mass is 127. The van der Waals surface area contributed by atoms with E-state index in [1.54, 1.807) is 19.2 Å². The topological polar surface area (TPSA) is 66.0 Å². The summed E-state index contributed by atoms with van der Waals surface area (Å²) in [4.78, 5) is 18.5. The van der Waals surface area contributed by atoms with Gasteiger partial charge in [0.1, 0.15) is 17.7 Å². The first-order valence-electron chi connectivity index (χ1n) is 9.36. The highest BCUT2D eigenvalue weighted by molar-refractivity contribution is 14.0. The molecule has 0 saturated carbocycles. The predicted octanol–water partition coefficient (Wildman–Crippen LogP) is 3.56. The maximum absolute atomic E-state index is 13.2. The smallest absolute Gasteiger partial charge is 0.243 e. The molecule has 162 valence electrons. The molecule has 2 aromatic rings. The molecule has 3 rings (SSSR count). The quantitative estimate of drug-likeness (QED) is 0.361. The number of guanidine groups is 1. The Labute approximate surface area is 191 Å². The Morgan fingerprint density at radius 3 is 2.30 bits per heavy atom. The number of halogens is 3. The van der Waals surface area contributed by atoms with Gasteiger partial charge in [-0.3, -0.25) is 9.79 Å². The van der Waals surface area contributed by atoms with E-state index in [2.05, 4.69) is 15.6 Å². The van der Waals surface area contributed by atoms with Gasteiger partial charge in [-0.2, -0.15) is 0 Å². The Balaban J connectivity index is 0.00000320. The van der Waals surface area contributed by atoms with Crippen LogP contribution in [0.4, 0.5) is 14.5 Å². The van der Waals surface area contributed by atoms with Crippen molar-refractivity contribution in [3.8, 4) is 0 Å². The van der Waals surface area contributed by atoms with Crippen molar-refractivity contribution in [2.45, 2.75) is 19.1 Å². The van der Waals surface area contributed by atoms with E-state index in [1.165, 1.54) is 36.4 Å². The number of carbonyl (C=O) groups excluding carboxylic acids is 1. The molecule has 0 spiro atoms. The first-order valence-corrected chi connectivity index (χ1v) is 9.36. The Bertz CT molecular complexity index is 862. The Kier molecular flexibility index (Phi) is 8.97. The third-order valence-corrected chi connectivity index (χ3v) is 4.55. The van der Waals surface area contributed by atoms with Crippen molar-refractivity contribution < 1.29 is 18.3 Å². The number of nitrogens with zero attached hydrogens (tertiary/aromatic N) is 2. The Morgan fingerprint density at radius 2 is 1.70 bits per heavy atom. The largest absolute Gasteiger partial charge is 0.367 e. The van der Waals surface area contributed by atoms with Crippen LogP contribution >= 0.6 is 24.0 Å². The molecule has 30 heavy (non-hydrogen) atoms. The summed E-state index contributed by atoms with van der Waals surface area (Å²) < 4.78 is 32.2. The lowest BCUT2D eigenvalue weighted by molar-refractivity contribution is -0.115. The van der Waals surface area contributed by atoms with Crippen molar-refractivity contribution in [3.05, 3.63) is 65.7 Å². The maximum atomic E-state index is 13.2. The number of aliphatic imine (C=N–C) groups is 1. The molecule has 1 aliphatic heterocycles. The van der Waals surface area contributed by atoms with Gasteiger partial charge in [-0.25, -0.2) is 8.78 Å². The van der Waals surface area contributed by atoms with E-state index in [-0.39, 0.29) is 60.3 Å². The van der Waals surface area contributed by atoms with E-state index in [1.807, 2.05) is 11.8 Å². The summed E-state index contributed by atoms with van der Waals surface area (Å²) in [6, 6.07) is 11.8. The average molecular weight is 530 g/mol. The number of amides is 1. The first kappa shape index (κ1) is 24.0. The third kappa shape index (κ3) is 6.63. The van der Waals surface area contributed by atoms with Crippen LogP contribution in [0.2, 0.25) is 0 Å². The normalized spacial score (nSPS) is 19.1. The maximum Gasteiger partial charge on any atom is 0.243 e. The molecular weight excluding hydrogens is 505 g/mol. The Morgan fingerprint density at radius 1 is 1.10 bits per heavy atom. The number of nitrogens with one attached hydrogen (secondary N) is 2. The molecular formula is C21H25F2IN4O2. The van der Waals surface area contributed by atoms with Crippen molar-refractivity contribution in [3.63, 3.8) is 0 Å². The molecule has 1 saturated heterocycles. The number of hydrogen-bond donors (Lipinski definition) is 2. The van der Waals surface area contributed by atoms with Gasteiger partial charge in [-0.15, -0.1) is 24.0 Å². The minimum atomic E-state index is -0.362. The van der Waals surface area contributed by atoms with E-state index in [0.29, 0.717) is 24.7 Å². The lowest BCUT2D eigenvalue weighted by Gasteiger charge is -2.38. The number of benzene rings is 2. The molecule has 9 heteroatoms. The molecule has 0 bridgehead atoms. The number of rotatable bonds is 4. The van der Waals surface area contributed by atoms with Crippen LogP contribution in [-0.2, 0) is 9.53 Å². The van der Waals surface area contributed by atoms with Crippen LogP contribution in [0.25, 0.3) is 0 Å². The van der Waals surface area contributed by atoms with Gasteiger partial charge in [0, 0.05) is 19.3 Å². The zero-order chi connectivity index (χ0) is 20.8. The molecule has 2 aromatic carbocycles. The molecule has 2 atom stereocenters. The summed E-state index contributed by atoms with van der Waals surface area (Å²) in [6.45, 7) is 3.10. The summed E-state index contributed by atoms with van der Waals surface area (Å²) in [5.74, 6) is -0.353. The summed E-state index contributed by atoms with van der Waals surface area (Å²) >= 11 is 0. The SMILES string of the molecule is CN=C(NCC(=O)Nc1ccc(F)cc1)N1CC(C)OC(c2ccc(F)cc2)C1.I. The van der Waals surface area contributed by atoms with Gasteiger partial charge in [0.25, 0.3) is 0 Å². The second-order valence-corrected chi connectivity index (χ2v) is 6.85. The minimum Gasteiger partial charge on any atom is -0.367 e. The van der Waals surface area contributed by atoms with Crippen LogP contribution in [-0.4, -0.2) is 49.6 Å². The number of anilines is 1. The zero-order valence-electron chi connectivity index (χ0n) is 16.8. The van der Waals surface area contributed by atoms with Gasteiger partial charge < -0.3 is 20.3 Å². The van der Waals surface area contributed by atoms with Crippen molar-refractivity contribution in [2.75, 3.05) is 32.0 Å². The summed E-state index contributed by atoms with van der Waals surface area (Å²) in [7, 11) is 1.65. The van der Waals surface area contributed by atoms with Gasteiger partial charge in [0.05, 0.1) is 19.2 Å². The van der Waals surface area contributed by atoms with E-state index >= 15 is 0 Å². The predicted molar refractivity (Wildman–Crippen MR) is 123 cm³/mol. The van der Waals surface area contributed by atoms with Crippen molar-refractivity contribution in [1.82, 2.24) is 10.2 Å². The summed E-state index contributed by atoms with van der Waals surface area (Å²) in [6.07, 6.45) is -0.295. The third-order valence-electron chi connectivity index (χ3n) is 4.55. The number of carbonyl (C=O) groups is 1. The monoisotopic (exact) mass is 530 g/mol. The van der Waals surface area contributed by atoms with E-state index in [4.69, 9.17) is 4.74 Å². The van der Waals surface area contributed by atoms with Crippen LogP contribution in [0.3, 0.4) is 0 Å². The van der Waals surface area contributed by atoms with Crippen LogP contribution in [0.1, 0.15) is 18.6 Å². The van der Waals surface area contributed by atoms with Gasteiger partial charge in [-0.05, 0) is 48.9 Å². The molecule has 2 N–H and O–H groups in total. The fourth-order valence-corrected chi connectivity index (χ4v) is 3.22. The number of ether oxygens (including phenoxy) is 1. The van der Waals surface area contributed by atoms with Crippen LogP contribution in [0.15, 0.2) is 53.5 Å². The summed E-state index contributed by atoms with van der Waals surface area (Å²) in [5, 5.41) is 5.74. The molecule has 1 aliphatic rings. The van der Waals surface area contributed by atoms with Crippen molar-refractivity contribution >= 4 is 41.5 Å². The second kappa shape index (κ2) is 11.2. The molecule has 2 unspecified atom stereocenters. The number of morpholine rings is 1. The van der Waals surface area contributed by atoms with Gasteiger partial charge in [0.2, 0.25) is 5.91 Å². The van der Waals surface area contributed by atoms with E-state index < -0.39 is 0 Å². The fraction of sp³-hybridized carbons (Fsp3) is 0.333. The number of hydrogen-bond acceptors (Lipinski definition) is 3. The van der Waals surface area contributed by atoms with Crippen LogP contribution in [0.5, 0.6) is 0 Å². The molecule has 0 aromatic heterocycles. The van der Waals surface area contributed by atoms with Crippen LogP contribution in [0, 0.1) is 11.6 Å². The molecule has 1 amide bonds. The zero-order valence-corrected chi connectivity index (χ0v) is 19.1. The van der Waals surface area contributed by atoms with Crippen molar-refractivity contribution in [1.29, 1.82) is 0 Å². The second-order valence-electron chi connectivity index (χ2n) is 6.85. The average Bonchev–Trinajstić information content (AvgIpc) is 2.70. The standard InChI is InChI=1S/C21H24F2N4O2.HI/c1-14-12-27(13-19(29-14)15-3-5-16(22)6-4-15)21(24-2)25-11-20(28)26-18-9-7-17(23)8-10-18;/h3-10,14,19H,11-13H2,1-2H3,(H,24,25)(H,26,28);1H. The van der Waals surface area contributed by atoms with Crippen molar-refractivity contribution in [2.24, 2.45) is 4.99 Å². The lowest BCUT2D eigenvalue weighted by atomic mass is 10.1. The Hall–Kier alpha value is -2.27. The van der Waals surface area contributed by atoms with Gasteiger partial charge in [0.15, 0.2) is 5.96 Å². The molecule has 1 heterocycles.